The van der Waals surface area contributed by atoms with Gasteiger partial charge in [0.05, 0.1) is 22.4 Å². The van der Waals surface area contributed by atoms with Gasteiger partial charge in [0, 0.05) is 19.2 Å². The van der Waals surface area contributed by atoms with Crippen molar-refractivity contribution < 1.29 is 0 Å². The van der Waals surface area contributed by atoms with E-state index in [1.54, 1.807) is 0 Å². The van der Waals surface area contributed by atoms with E-state index in [9.17, 15) is 0 Å². The fourth-order valence-electron chi connectivity index (χ4n) is 2.53. The smallest absolute Gasteiger partial charge is 0.106 e. The number of benzene rings is 1. The number of aromatic nitrogens is 4. The number of H-pyrrole nitrogens is 1. The van der Waals surface area contributed by atoms with Gasteiger partial charge in [-0.3, -0.25) is 5.10 Å². The van der Waals surface area contributed by atoms with Crippen molar-refractivity contribution in [1.29, 1.82) is 0 Å². The molecule has 5 nitrogen and oxygen atoms in total. The number of rotatable bonds is 3. The predicted molar refractivity (Wildman–Crippen MR) is 80.5 cm³/mol. The van der Waals surface area contributed by atoms with Crippen molar-refractivity contribution >= 4 is 11.0 Å². The molecule has 0 unspecified atom stereocenters. The molecule has 0 fully saturated rings. The Hall–Kier alpha value is -2.14. The number of imidazole rings is 1. The molecule has 0 amide bonds. The lowest BCUT2D eigenvalue weighted by atomic mass is 10.1. The van der Waals surface area contributed by atoms with Crippen molar-refractivity contribution in [1.82, 2.24) is 25.1 Å². The Morgan fingerprint density at radius 2 is 2.10 bits per heavy atom. The topological polar surface area (TPSA) is 58.5 Å². The summed E-state index contributed by atoms with van der Waals surface area (Å²) in [7, 11) is 3.97. The molecule has 3 aromatic rings. The number of nitrogens with zero attached hydrogens (tertiary/aromatic N) is 3. The van der Waals surface area contributed by atoms with Crippen LogP contribution >= 0.6 is 0 Å². The zero-order valence-corrected chi connectivity index (χ0v) is 12.3. The van der Waals surface area contributed by atoms with Crippen molar-refractivity contribution in [3.05, 3.63) is 35.3 Å². The standard InChI is InChI=1S/C15H19N5/c1-9-13(8-16-3)18-19-15(9)11-5-6-14-12(7-11)17-10(2)20(14)4/h5-7,16H,8H2,1-4H3,(H,18,19). The Bertz CT molecular complexity index is 766. The van der Waals surface area contributed by atoms with Crippen LogP contribution in [0.3, 0.4) is 0 Å². The third-order valence-electron chi connectivity index (χ3n) is 3.84. The molecule has 0 aliphatic carbocycles. The number of hydrogen-bond donors (Lipinski definition) is 2. The summed E-state index contributed by atoms with van der Waals surface area (Å²) in [6.45, 7) is 4.91. The first-order chi connectivity index (χ1) is 9.61. The summed E-state index contributed by atoms with van der Waals surface area (Å²) in [6.07, 6.45) is 0. The average molecular weight is 269 g/mol. The van der Waals surface area contributed by atoms with E-state index in [0.717, 1.165) is 40.4 Å². The molecule has 2 heterocycles. The van der Waals surface area contributed by atoms with Crippen LogP contribution in [-0.2, 0) is 13.6 Å². The van der Waals surface area contributed by atoms with E-state index in [2.05, 4.69) is 50.2 Å². The molecule has 2 N–H and O–H groups in total. The zero-order chi connectivity index (χ0) is 14.3. The van der Waals surface area contributed by atoms with E-state index in [0.29, 0.717) is 0 Å². The Kier molecular flexibility index (Phi) is 3.06. The van der Waals surface area contributed by atoms with E-state index in [1.807, 2.05) is 21.0 Å². The van der Waals surface area contributed by atoms with Gasteiger partial charge in [-0.1, -0.05) is 6.07 Å². The highest BCUT2D eigenvalue weighted by Crippen LogP contribution is 2.26. The van der Waals surface area contributed by atoms with Gasteiger partial charge in [0.15, 0.2) is 0 Å². The molecular formula is C15H19N5. The van der Waals surface area contributed by atoms with Gasteiger partial charge in [0.2, 0.25) is 0 Å². The predicted octanol–water partition coefficient (Wildman–Crippen LogP) is 2.30. The molecule has 0 aliphatic heterocycles. The van der Waals surface area contributed by atoms with Gasteiger partial charge >= 0.3 is 0 Å². The van der Waals surface area contributed by atoms with Gasteiger partial charge in [-0.2, -0.15) is 5.10 Å². The Balaban J connectivity index is 2.10. The summed E-state index contributed by atoms with van der Waals surface area (Å²) in [5, 5.41) is 10.7. The van der Waals surface area contributed by atoms with Gasteiger partial charge in [-0.15, -0.1) is 0 Å². The second-order valence-corrected chi connectivity index (χ2v) is 5.13. The molecule has 104 valence electrons. The molecule has 20 heavy (non-hydrogen) atoms. The summed E-state index contributed by atoms with van der Waals surface area (Å²) >= 11 is 0. The van der Waals surface area contributed by atoms with Crippen molar-refractivity contribution in [3.63, 3.8) is 0 Å². The maximum Gasteiger partial charge on any atom is 0.106 e. The van der Waals surface area contributed by atoms with Crippen LogP contribution in [0.2, 0.25) is 0 Å². The van der Waals surface area contributed by atoms with Crippen molar-refractivity contribution in [2.75, 3.05) is 7.05 Å². The molecule has 0 saturated heterocycles. The summed E-state index contributed by atoms with van der Waals surface area (Å²) in [4.78, 5) is 4.58. The third-order valence-corrected chi connectivity index (χ3v) is 3.84. The van der Waals surface area contributed by atoms with E-state index in [4.69, 9.17) is 0 Å². The van der Waals surface area contributed by atoms with E-state index < -0.39 is 0 Å². The SMILES string of the molecule is CNCc1[nH]nc(-c2ccc3c(c2)nc(C)n3C)c1C. The summed E-state index contributed by atoms with van der Waals surface area (Å²) in [6, 6.07) is 6.32. The van der Waals surface area contributed by atoms with Crippen LogP contribution in [0, 0.1) is 13.8 Å². The molecule has 0 spiro atoms. The van der Waals surface area contributed by atoms with Gasteiger partial charge in [0.1, 0.15) is 5.82 Å². The van der Waals surface area contributed by atoms with Gasteiger partial charge in [-0.25, -0.2) is 4.98 Å². The lowest BCUT2D eigenvalue weighted by Gasteiger charge is -2.01. The Labute approximate surface area is 118 Å². The van der Waals surface area contributed by atoms with E-state index in [-0.39, 0.29) is 0 Å². The van der Waals surface area contributed by atoms with E-state index in [1.165, 1.54) is 5.56 Å². The number of hydrogen-bond acceptors (Lipinski definition) is 3. The number of aromatic amines is 1. The monoisotopic (exact) mass is 269 g/mol. The molecular weight excluding hydrogens is 250 g/mol. The van der Waals surface area contributed by atoms with Gasteiger partial charge < -0.3 is 9.88 Å². The molecule has 3 rings (SSSR count). The first-order valence-corrected chi connectivity index (χ1v) is 6.73. The minimum absolute atomic E-state index is 0.795. The molecule has 0 saturated carbocycles. The van der Waals surface area contributed by atoms with Crippen LogP contribution in [0.5, 0.6) is 0 Å². The van der Waals surface area contributed by atoms with Crippen molar-refractivity contribution in [2.24, 2.45) is 7.05 Å². The number of aryl methyl sites for hydroxylation is 2. The van der Waals surface area contributed by atoms with Gasteiger partial charge in [-0.05, 0) is 38.6 Å². The quantitative estimate of drug-likeness (QED) is 0.767. The Morgan fingerprint density at radius 1 is 1.30 bits per heavy atom. The van der Waals surface area contributed by atoms with E-state index >= 15 is 0 Å². The maximum atomic E-state index is 4.58. The average Bonchev–Trinajstić information content (AvgIpc) is 2.92. The first-order valence-electron chi connectivity index (χ1n) is 6.73. The molecule has 0 atom stereocenters. The van der Waals surface area contributed by atoms with Crippen LogP contribution in [0.4, 0.5) is 0 Å². The summed E-state index contributed by atoms with van der Waals surface area (Å²) < 4.78 is 2.10. The minimum atomic E-state index is 0.795. The lowest BCUT2D eigenvalue weighted by Crippen LogP contribution is -2.06. The van der Waals surface area contributed by atoms with Crippen molar-refractivity contribution in [3.8, 4) is 11.3 Å². The highest BCUT2D eigenvalue weighted by atomic mass is 15.1. The highest BCUT2D eigenvalue weighted by molar-refractivity contribution is 5.82. The number of fused-ring (bicyclic) bond motifs is 1. The molecule has 0 aliphatic rings. The van der Waals surface area contributed by atoms with Crippen LogP contribution in [0.15, 0.2) is 18.2 Å². The summed E-state index contributed by atoms with van der Waals surface area (Å²) in [5.74, 6) is 1.02. The Morgan fingerprint density at radius 3 is 2.85 bits per heavy atom. The lowest BCUT2D eigenvalue weighted by molar-refractivity contribution is 0.779. The third kappa shape index (κ3) is 1.91. The fourth-order valence-corrected chi connectivity index (χ4v) is 2.53. The second kappa shape index (κ2) is 4.76. The second-order valence-electron chi connectivity index (χ2n) is 5.13. The summed E-state index contributed by atoms with van der Waals surface area (Å²) in [5.41, 5.74) is 6.58. The highest BCUT2D eigenvalue weighted by Gasteiger charge is 2.12. The molecule has 0 bridgehead atoms. The largest absolute Gasteiger partial charge is 0.331 e. The molecule has 0 radical (unpaired) electrons. The van der Waals surface area contributed by atoms with Crippen LogP contribution < -0.4 is 5.32 Å². The first kappa shape index (κ1) is 12.9. The minimum Gasteiger partial charge on any atom is -0.331 e. The molecule has 2 aromatic heterocycles. The van der Waals surface area contributed by atoms with Crippen molar-refractivity contribution in [2.45, 2.75) is 20.4 Å². The van der Waals surface area contributed by atoms with Gasteiger partial charge in [0.25, 0.3) is 0 Å². The van der Waals surface area contributed by atoms with Crippen LogP contribution in [0.1, 0.15) is 17.1 Å². The van der Waals surface area contributed by atoms with Crippen LogP contribution in [-0.4, -0.2) is 26.8 Å². The van der Waals surface area contributed by atoms with Crippen LogP contribution in [0.25, 0.3) is 22.3 Å². The normalized spacial score (nSPS) is 11.4. The maximum absolute atomic E-state index is 4.58. The number of nitrogens with one attached hydrogen (secondary N) is 2. The zero-order valence-electron chi connectivity index (χ0n) is 12.3. The molecule has 5 heteroatoms. The fraction of sp³-hybridized carbons (Fsp3) is 0.333. The molecule has 1 aromatic carbocycles.